The van der Waals surface area contributed by atoms with Gasteiger partial charge in [-0.05, 0) is 32.9 Å². The Morgan fingerprint density at radius 2 is 1.80 bits per heavy atom. The third kappa shape index (κ3) is 6.48. The molecule has 1 aromatic carbocycles. The molecule has 25 heavy (non-hydrogen) atoms. The van der Waals surface area contributed by atoms with Crippen molar-refractivity contribution in [3.05, 3.63) is 35.9 Å². The van der Waals surface area contributed by atoms with Gasteiger partial charge in [-0.2, -0.15) is 0 Å². The van der Waals surface area contributed by atoms with Gasteiger partial charge in [-0.3, -0.25) is 4.79 Å². The zero-order valence-corrected chi connectivity index (χ0v) is 15.6. The number of rotatable bonds is 9. The molecule has 2 N–H and O–H groups in total. The SMILES string of the molecule is CC[C@@H](C)[C@@H](OC(=O)[C@@H](NC)C(C)(C)O)C(=O)OCc1ccccc1. The Bertz CT molecular complexity index is 553. The van der Waals surface area contributed by atoms with Gasteiger partial charge in [0.1, 0.15) is 12.6 Å². The van der Waals surface area contributed by atoms with E-state index in [1.165, 1.54) is 13.8 Å². The van der Waals surface area contributed by atoms with E-state index < -0.39 is 29.7 Å². The summed E-state index contributed by atoms with van der Waals surface area (Å²) in [4.78, 5) is 24.8. The molecule has 0 aliphatic heterocycles. The average Bonchev–Trinajstić information content (AvgIpc) is 2.57. The predicted octanol–water partition coefficient (Wildman–Crippen LogP) is 2.05. The highest BCUT2D eigenvalue weighted by atomic mass is 16.6. The van der Waals surface area contributed by atoms with Crippen LogP contribution in [-0.4, -0.2) is 41.8 Å². The van der Waals surface area contributed by atoms with E-state index in [2.05, 4.69) is 5.32 Å². The van der Waals surface area contributed by atoms with Crippen LogP contribution in [0.15, 0.2) is 30.3 Å². The van der Waals surface area contributed by atoms with Crippen LogP contribution in [0, 0.1) is 5.92 Å². The lowest BCUT2D eigenvalue weighted by atomic mass is 9.98. The monoisotopic (exact) mass is 351 g/mol. The Morgan fingerprint density at radius 3 is 2.28 bits per heavy atom. The van der Waals surface area contributed by atoms with E-state index in [1.807, 2.05) is 44.2 Å². The molecule has 0 saturated heterocycles. The first-order chi connectivity index (χ1) is 11.7. The molecule has 3 atom stereocenters. The van der Waals surface area contributed by atoms with E-state index in [0.29, 0.717) is 6.42 Å². The number of benzene rings is 1. The Balaban J connectivity index is 2.79. The summed E-state index contributed by atoms with van der Waals surface area (Å²) in [7, 11) is 1.55. The van der Waals surface area contributed by atoms with Crippen molar-refractivity contribution < 1.29 is 24.2 Å². The molecule has 1 rings (SSSR count). The molecular weight excluding hydrogens is 322 g/mol. The van der Waals surface area contributed by atoms with Gasteiger partial charge in [0.25, 0.3) is 0 Å². The number of ether oxygens (including phenoxy) is 2. The molecule has 0 heterocycles. The van der Waals surface area contributed by atoms with E-state index in [9.17, 15) is 14.7 Å². The molecule has 0 amide bonds. The van der Waals surface area contributed by atoms with Crippen molar-refractivity contribution in [1.29, 1.82) is 0 Å². The molecule has 0 bridgehead atoms. The Morgan fingerprint density at radius 1 is 1.20 bits per heavy atom. The van der Waals surface area contributed by atoms with Crippen LogP contribution in [0.3, 0.4) is 0 Å². The van der Waals surface area contributed by atoms with Crippen molar-refractivity contribution >= 4 is 11.9 Å². The van der Waals surface area contributed by atoms with Gasteiger partial charge in [-0.25, -0.2) is 4.79 Å². The molecule has 0 aliphatic rings. The zero-order chi connectivity index (χ0) is 19.0. The first-order valence-electron chi connectivity index (χ1n) is 8.51. The number of nitrogens with one attached hydrogen (secondary N) is 1. The Hall–Kier alpha value is -1.92. The van der Waals surface area contributed by atoms with Crippen LogP contribution < -0.4 is 5.32 Å². The van der Waals surface area contributed by atoms with Crippen LogP contribution in [0.2, 0.25) is 0 Å². The lowest BCUT2D eigenvalue weighted by molar-refractivity contribution is -0.176. The van der Waals surface area contributed by atoms with Crippen molar-refractivity contribution in [2.45, 2.75) is 58.5 Å². The third-order valence-electron chi connectivity index (χ3n) is 4.09. The zero-order valence-electron chi connectivity index (χ0n) is 15.6. The molecule has 140 valence electrons. The molecule has 0 unspecified atom stereocenters. The Labute approximate surface area is 149 Å². The maximum Gasteiger partial charge on any atom is 0.348 e. The fourth-order valence-corrected chi connectivity index (χ4v) is 2.37. The number of carbonyl (C=O) groups excluding carboxylic acids is 2. The first-order valence-corrected chi connectivity index (χ1v) is 8.51. The second-order valence-electron chi connectivity index (χ2n) is 6.71. The second kappa shape index (κ2) is 9.53. The fourth-order valence-electron chi connectivity index (χ4n) is 2.37. The molecule has 0 radical (unpaired) electrons. The molecule has 0 aromatic heterocycles. The van der Waals surface area contributed by atoms with E-state index in [4.69, 9.17) is 9.47 Å². The lowest BCUT2D eigenvalue weighted by Crippen LogP contribution is -2.53. The minimum Gasteiger partial charge on any atom is -0.458 e. The van der Waals surface area contributed by atoms with E-state index in [0.717, 1.165) is 5.56 Å². The number of esters is 2. The number of hydrogen-bond donors (Lipinski definition) is 2. The third-order valence-corrected chi connectivity index (χ3v) is 4.09. The minimum atomic E-state index is -1.32. The maximum atomic E-state index is 12.4. The van der Waals surface area contributed by atoms with Gasteiger partial charge in [0, 0.05) is 5.92 Å². The lowest BCUT2D eigenvalue weighted by Gasteiger charge is -2.29. The average molecular weight is 351 g/mol. The van der Waals surface area contributed by atoms with Crippen LogP contribution >= 0.6 is 0 Å². The van der Waals surface area contributed by atoms with Crippen LogP contribution in [0.1, 0.15) is 39.7 Å². The normalized spacial score (nSPS) is 15.1. The van der Waals surface area contributed by atoms with Crippen LogP contribution in [0.4, 0.5) is 0 Å². The van der Waals surface area contributed by atoms with E-state index in [-0.39, 0.29) is 12.5 Å². The largest absolute Gasteiger partial charge is 0.458 e. The molecular formula is C19H29NO5. The predicted molar refractivity (Wildman–Crippen MR) is 94.7 cm³/mol. The summed E-state index contributed by atoms with van der Waals surface area (Å²) in [5.41, 5.74) is -0.463. The van der Waals surface area contributed by atoms with Crippen molar-refractivity contribution in [1.82, 2.24) is 5.32 Å². The standard InChI is InChI=1S/C19H29NO5/c1-6-13(2)15(25-18(22)16(20-5)19(3,4)23)17(21)24-12-14-10-8-7-9-11-14/h7-11,13,15-16,20,23H,6,12H2,1-5H3/t13-,15-,16-/m1/s1. The highest BCUT2D eigenvalue weighted by Crippen LogP contribution is 2.18. The number of hydrogen-bond acceptors (Lipinski definition) is 6. The quantitative estimate of drug-likeness (QED) is 0.663. The second-order valence-corrected chi connectivity index (χ2v) is 6.71. The van der Waals surface area contributed by atoms with Crippen LogP contribution in [0.5, 0.6) is 0 Å². The molecule has 0 saturated carbocycles. The molecule has 6 heteroatoms. The summed E-state index contributed by atoms with van der Waals surface area (Å²) in [5, 5.41) is 12.8. The van der Waals surface area contributed by atoms with Gasteiger partial charge in [0.05, 0.1) is 5.60 Å². The van der Waals surface area contributed by atoms with Crippen molar-refractivity contribution in [2.75, 3.05) is 7.05 Å². The van der Waals surface area contributed by atoms with Gasteiger partial charge in [-0.15, -0.1) is 0 Å². The number of aliphatic hydroxyl groups is 1. The van der Waals surface area contributed by atoms with Gasteiger partial charge in [0.2, 0.25) is 6.10 Å². The molecule has 6 nitrogen and oxygen atoms in total. The number of carbonyl (C=O) groups is 2. The van der Waals surface area contributed by atoms with Gasteiger partial charge < -0.3 is 19.9 Å². The summed E-state index contributed by atoms with van der Waals surface area (Å²) in [6, 6.07) is 8.35. The highest BCUT2D eigenvalue weighted by Gasteiger charge is 2.37. The van der Waals surface area contributed by atoms with Crippen molar-refractivity contribution in [2.24, 2.45) is 5.92 Å². The van der Waals surface area contributed by atoms with Crippen molar-refractivity contribution in [3.8, 4) is 0 Å². The van der Waals surface area contributed by atoms with Crippen molar-refractivity contribution in [3.63, 3.8) is 0 Å². The fraction of sp³-hybridized carbons (Fsp3) is 0.579. The maximum absolute atomic E-state index is 12.4. The molecule has 0 fully saturated rings. The summed E-state index contributed by atoms with van der Waals surface area (Å²) in [6.07, 6.45) is -0.370. The van der Waals surface area contributed by atoms with Crippen LogP contribution in [0.25, 0.3) is 0 Å². The van der Waals surface area contributed by atoms with Gasteiger partial charge in [-0.1, -0.05) is 44.2 Å². The summed E-state index contributed by atoms with van der Waals surface area (Å²) in [5.74, 6) is -1.47. The molecule has 0 aliphatic carbocycles. The van der Waals surface area contributed by atoms with E-state index >= 15 is 0 Å². The topological polar surface area (TPSA) is 84.9 Å². The van der Waals surface area contributed by atoms with Gasteiger partial charge in [0.15, 0.2) is 0 Å². The van der Waals surface area contributed by atoms with Gasteiger partial charge >= 0.3 is 11.9 Å². The minimum absolute atomic E-state index is 0.116. The summed E-state index contributed by atoms with van der Waals surface area (Å²) < 4.78 is 10.7. The summed E-state index contributed by atoms with van der Waals surface area (Å²) >= 11 is 0. The highest BCUT2D eigenvalue weighted by molar-refractivity contribution is 5.82. The Kier molecular flexibility index (Phi) is 8.06. The first kappa shape index (κ1) is 21.1. The summed E-state index contributed by atoms with van der Waals surface area (Å²) in [6.45, 7) is 6.84. The van der Waals surface area contributed by atoms with Crippen LogP contribution in [-0.2, 0) is 25.7 Å². The number of likely N-dealkylation sites (N-methyl/N-ethyl adjacent to an activating group) is 1. The smallest absolute Gasteiger partial charge is 0.348 e. The molecule has 0 spiro atoms. The van der Waals surface area contributed by atoms with E-state index in [1.54, 1.807) is 7.05 Å². The molecule has 1 aromatic rings.